The van der Waals surface area contributed by atoms with Crippen molar-refractivity contribution in [3.8, 4) is 0 Å². The number of aromatic nitrogens is 2. The van der Waals surface area contributed by atoms with Crippen LogP contribution in [-0.4, -0.2) is 9.78 Å². The third-order valence-electron chi connectivity index (χ3n) is 0.924. The van der Waals surface area contributed by atoms with E-state index in [1.807, 2.05) is 0 Å². The van der Waals surface area contributed by atoms with E-state index in [1.54, 1.807) is 6.08 Å². The van der Waals surface area contributed by atoms with Gasteiger partial charge >= 0.3 is 4.87 Å². The maximum atomic E-state index is 10.8. The van der Waals surface area contributed by atoms with Crippen LogP contribution >= 0.6 is 11.3 Å². The number of anilines is 1. The molecule has 0 saturated carbocycles. The normalized spacial score (nSPS) is 9.60. The monoisotopic (exact) mass is 157 g/mol. The van der Waals surface area contributed by atoms with Gasteiger partial charge in [0.05, 0.1) is 6.54 Å². The third kappa shape index (κ3) is 1.24. The van der Waals surface area contributed by atoms with Gasteiger partial charge in [-0.15, -0.1) is 11.7 Å². The number of hydrogen-bond acceptors (Lipinski definition) is 4. The van der Waals surface area contributed by atoms with E-state index in [2.05, 4.69) is 11.7 Å². The largest absolute Gasteiger partial charge is 0.374 e. The van der Waals surface area contributed by atoms with Crippen LogP contribution in [0.1, 0.15) is 0 Å². The first-order valence-electron chi connectivity index (χ1n) is 2.68. The van der Waals surface area contributed by atoms with E-state index >= 15 is 0 Å². The predicted molar refractivity (Wildman–Crippen MR) is 41.0 cm³/mol. The van der Waals surface area contributed by atoms with E-state index in [1.165, 1.54) is 4.68 Å². The molecule has 1 aromatic rings. The first-order chi connectivity index (χ1) is 4.74. The van der Waals surface area contributed by atoms with Gasteiger partial charge in [-0.05, 0) is 11.3 Å². The fraction of sp³-hybridized carbons (Fsp3) is 0.200. The van der Waals surface area contributed by atoms with Crippen LogP contribution in [0.3, 0.4) is 0 Å². The van der Waals surface area contributed by atoms with Gasteiger partial charge in [-0.3, -0.25) is 4.79 Å². The molecule has 0 aliphatic rings. The van der Waals surface area contributed by atoms with Gasteiger partial charge in [-0.25, -0.2) is 4.68 Å². The van der Waals surface area contributed by atoms with E-state index in [4.69, 9.17) is 5.73 Å². The fourth-order valence-electron chi connectivity index (χ4n) is 0.560. The molecule has 0 aliphatic heterocycles. The second-order valence-electron chi connectivity index (χ2n) is 1.68. The minimum Gasteiger partial charge on any atom is -0.374 e. The lowest BCUT2D eigenvalue weighted by atomic mass is 10.6. The minimum atomic E-state index is -0.141. The molecule has 0 radical (unpaired) electrons. The third-order valence-corrected chi connectivity index (χ3v) is 1.60. The van der Waals surface area contributed by atoms with Crippen molar-refractivity contribution in [1.29, 1.82) is 0 Å². The molecule has 0 aromatic carbocycles. The maximum absolute atomic E-state index is 10.8. The number of allylic oxidation sites excluding steroid dienone is 1. The Kier molecular flexibility index (Phi) is 1.86. The molecule has 0 saturated heterocycles. The van der Waals surface area contributed by atoms with Gasteiger partial charge in [0, 0.05) is 0 Å². The zero-order valence-corrected chi connectivity index (χ0v) is 6.10. The van der Waals surface area contributed by atoms with Crippen LogP contribution in [0, 0.1) is 0 Å². The summed E-state index contributed by atoms with van der Waals surface area (Å²) in [6.45, 7) is 3.89. The zero-order chi connectivity index (χ0) is 7.56. The molecule has 5 heteroatoms. The summed E-state index contributed by atoms with van der Waals surface area (Å²) in [5.41, 5.74) is 5.26. The summed E-state index contributed by atoms with van der Waals surface area (Å²) in [5.74, 6) is 0. The van der Waals surface area contributed by atoms with Crippen molar-refractivity contribution in [2.24, 2.45) is 0 Å². The Labute approximate surface area is 61.6 Å². The lowest BCUT2D eigenvalue weighted by molar-refractivity contribution is 0.685. The van der Waals surface area contributed by atoms with Gasteiger partial charge in [-0.1, -0.05) is 6.08 Å². The summed E-state index contributed by atoms with van der Waals surface area (Å²) in [7, 11) is 0. The van der Waals surface area contributed by atoms with E-state index in [0.29, 0.717) is 11.7 Å². The van der Waals surface area contributed by atoms with E-state index in [9.17, 15) is 4.79 Å². The molecule has 10 heavy (non-hydrogen) atoms. The summed E-state index contributed by atoms with van der Waals surface area (Å²) < 4.78 is 1.27. The highest BCUT2D eigenvalue weighted by Crippen LogP contribution is 1.97. The van der Waals surface area contributed by atoms with Crippen molar-refractivity contribution in [3.63, 3.8) is 0 Å². The first-order valence-corrected chi connectivity index (χ1v) is 3.50. The average molecular weight is 157 g/mol. The van der Waals surface area contributed by atoms with Crippen molar-refractivity contribution in [2.45, 2.75) is 6.54 Å². The smallest absolute Gasteiger partial charge is 0.327 e. The van der Waals surface area contributed by atoms with Crippen LogP contribution in [0.4, 0.5) is 5.13 Å². The molecular formula is C5H7N3OS. The van der Waals surface area contributed by atoms with Gasteiger partial charge in [-0.2, -0.15) is 0 Å². The van der Waals surface area contributed by atoms with Crippen molar-refractivity contribution in [2.75, 3.05) is 5.73 Å². The number of hydrogen-bond donors (Lipinski definition) is 1. The molecule has 0 unspecified atom stereocenters. The highest BCUT2D eigenvalue weighted by molar-refractivity contribution is 7.12. The molecule has 1 aromatic heterocycles. The molecular weight excluding hydrogens is 150 g/mol. The minimum absolute atomic E-state index is 0.141. The van der Waals surface area contributed by atoms with Crippen molar-refractivity contribution in [3.05, 3.63) is 22.3 Å². The maximum Gasteiger partial charge on any atom is 0.327 e. The Morgan fingerprint density at radius 3 is 3.00 bits per heavy atom. The lowest BCUT2D eigenvalue weighted by Gasteiger charge is -1.87. The van der Waals surface area contributed by atoms with Crippen LogP contribution in [0.25, 0.3) is 0 Å². The van der Waals surface area contributed by atoms with Gasteiger partial charge in [0.1, 0.15) is 0 Å². The Balaban J connectivity index is 3.03. The van der Waals surface area contributed by atoms with Crippen molar-refractivity contribution >= 4 is 16.5 Å². The van der Waals surface area contributed by atoms with E-state index in [0.717, 1.165) is 11.3 Å². The number of nitrogens with two attached hydrogens (primary N) is 1. The Bertz CT molecular complexity index is 287. The Morgan fingerprint density at radius 2 is 2.60 bits per heavy atom. The summed E-state index contributed by atoms with van der Waals surface area (Å²) in [5, 5.41) is 4.03. The number of nitrogens with zero attached hydrogens (tertiary/aromatic N) is 2. The molecule has 1 rings (SSSR count). The quantitative estimate of drug-likeness (QED) is 0.618. The summed E-state index contributed by atoms with van der Waals surface area (Å²) >= 11 is 0.935. The zero-order valence-electron chi connectivity index (χ0n) is 5.28. The average Bonchev–Trinajstić information content (AvgIpc) is 2.13. The van der Waals surface area contributed by atoms with Crippen LogP contribution in [0.15, 0.2) is 17.4 Å². The van der Waals surface area contributed by atoms with Crippen LogP contribution in [-0.2, 0) is 6.54 Å². The van der Waals surface area contributed by atoms with Gasteiger partial charge in [0.2, 0.25) is 5.13 Å². The van der Waals surface area contributed by atoms with Gasteiger partial charge in [0.15, 0.2) is 0 Å². The highest BCUT2D eigenvalue weighted by Gasteiger charge is 1.98. The molecule has 0 atom stereocenters. The molecule has 2 N–H and O–H groups in total. The topological polar surface area (TPSA) is 60.9 Å². The van der Waals surface area contributed by atoms with Gasteiger partial charge < -0.3 is 5.73 Å². The Morgan fingerprint density at radius 1 is 1.90 bits per heavy atom. The summed E-state index contributed by atoms with van der Waals surface area (Å²) in [6, 6.07) is 0. The van der Waals surface area contributed by atoms with Crippen LogP contribution in [0.5, 0.6) is 0 Å². The first kappa shape index (κ1) is 7.01. The summed E-state index contributed by atoms with van der Waals surface area (Å²) in [4.78, 5) is 10.7. The molecule has 4 nitrogen and oxygen atoms in total. The second kappa shape index (κ2) is 2.66. The van der Waals surface area contributed by atoms with Crippen LogP contribution < -0.4 is 10.6 Å². The predicted octanol–water partition coefficient (Wildman–Crippen LogP) is 0.0730. The standard InChI is InChI=1S/C5H7N3OS/c1-2-3-8-5(9)10-4(6)7-8/h2H,1,3H2,(H2,6,7). The lowest BCUT2D eigenvalue weighted by Crippen LogP contribution is -2.13. The SMILES string of the molecule is C=CCn1nc(N)sc1=O. The number of rotatable bonds is 2. The molecule has 0 fully saturated rings. The molecule has 0 bridgehead atoms. The van der Waals surface area contributed by atoms with E-state index < -0.39 is 0 Å². The molecule has 0 spiro atoms. The summed E-state index contributed by atoms with van der Waals surface area (Å²) in [6.07, 6.45) is 1.60. The molecule has 0 aliphatic carbocycles. The van der Waals surface area contributed by atoms with Gasteiger partial charge in [0.25, 0.3) is 0 Å². The number of nitrogen functional groups attached to an aromatic ring is 1. The van der Waals surface area contributed by atoms with Crippen molar-refractivity contribution < 1.29 is 0 Å². The highest BCUT2D eigenvalue weighted by atomic mass is 32.1. The van der Waals surface area contributed by atoms with Crippen molar-refractivity contribution in [1.82, 2.24) is 9.78 Å². The second-order valence-corrected chi connectivity index (χ2v) is 2.65. The fourth-order valence-corrected chi connectivity index (χ4v) is 1.10. The molecule has 0 amide bonds. The van der Waals surface area contributed by atoms with E-state index in [-0.39, 0.29) is 4.87 Å². The Hall–Kier alpha value is -1.10. The van der Waals surface area contributed by atoms with Crippen LogP contribution in [0.2, 0.25) is 0 Å². The molecule has 1 heterocycles. The molecule has 54 valence electrons.